The molecular formula is C27H37ClFN5O2. The predicted octanol–water partition coefficient (Wildman–Crippen LogP) is 4.52. The molecular weight excluding hydrogens is 481 g/mol. The quantitative estimate of drug-likeness (QED) is 0.167. The summed E-state index contributed by atoms with van der Waals surface area (Å²) in [6.07, 6.45) is 8.10. The van der Waals surface area contributed by atoms with E-state index in [-0.39, 0.29) is 41.0 Å². The topological polar surface area (TPSA) is 106 Å². The molecule has 1 aromatic carbocycles. The second-order valence-corrected chi connectivity index (χ2v) is 9.94. The van der Waals surface area contributed by atoms with Crippen molar-refractivity contribution in [2.45, 2.75) is 51.6 Å². The molecule has 1 unspecified atom stereocenters. The van der Waals surface area contributed by atoms with Gasteiger partial charge in [0.15, 0.2) is 0 Å². The third-order valence-corrected chi connectivity index (χ3v) is 7.47. The van der Waals surface area contributed by atoms with Gasteiger partial charge in [-0.1, -0.05) is 43.5 Å². The lowest BCUT2D eigenvalue weighted by Crippen LogP contribution is -2.55. The van der Waals surface area contributed by atoms with Crippen molar-refractivity contribution in [3.63, 3.8) is 0 Å². The number of halogens is 2. The number of amides is 1. The van der Waals surface area contributed by atoms with Crippen LogP contribution < -0.4 is 11.1 Å². The van der Waals surface area contributed by atoms with Crippen LogP contribution in [0.2, 0.25) is 5.02 Å². The smallest absolute Gasteiger partial charge is 0.246 e. The van der Waals surface area contributed by atoms with E-state index in [2.05, 4.69) is 11.9 Å². The van der Waals surface area contributed by atoms with Crippen molar-refractivity contribution in [1.82, 2.24) is 9.80 Å². The molecule has 1 aliphatic carbocycles. The van der Waals surface area contributed by atoms with Crippen LogP contribution in [0.15, 0.2) is 42.9 Å². The Kier molecular flexibility index (Phi) is 9.56. The first kappa shape index (κ1) is 27.7. The molecule has 2 atom stereocenters. The Morgan fingerprint density at radius 2 is 2.11 bits per heavy atom. The number of anilines is 1. The number of piperazine rings is 1. The van der Waals surface area contributed by atoms with Crippen LogP contribution in [0.4, 0.5) is 10.1 Å². The summed E-state index contributed by atoms with van der Waals surface area (Å²) in [6.45, 7) is 8.45. The van der Waals surface area contributed by atoms with E-state index in [1.165, 1.54) is 24.8 Å². The first-order valence-electron chi connectivity index (χ1n) is 12.5. The van der Waals surface area contributed by atoms with Gasteiger partial charge in [0.1, 0.15) is 11.7 Å². The van der Waals surface area contributed by atoms with Gasteiger partial charge in [-0.15, -0.1) is 0 Å². The number of benzene rings is 1. The van der Waals surface area contributed by atoms with Crippen molar-refractivity contribution in [2.75, 3.05) is 31.6 Å². The van der Waals surface area contributed by atoms with Crippen LogP contribution in [-0.2, 0) is 4.79 Å². The van der Waals surface area contributed by atoms with Crippen molar-refractivity contribution in [3.05, 3.63) is 59.0 Å². The van der Waals surface area contributed by atoms with E-state index in [4.69, 9.17) is 22.7 Å². The Morgan fingerprint density at radius 1 is 1.39 bits per heavy atom. The van der Waals surface area contributed by atoms with E-state index in [0.29, 0.717) is 42.4 Å². The molecule has 1 aliphatic heterocycles. The number of hydrogen-bond acceptors (Lipinski definition) is 5. The normalized spacial score (nSPS) is 20.1. The maximum absolute atomic E-state index is 14.6. The number of carbonyl (C=O) groups excluding carboxylic acids is 1. The summed E-state index contributed by atoms with van der Waals surface area (Å²) in [4.78, 5) is 15.7. The number of hydrogen-bond donors (Lipinski definition) is 4. The van der Waals surface area contributed by atoms with Crippen LogP contribution in [0.25, 0.3) is 5.57 Å². The molecule has 1 saturated heterocycles. The number of rotatable bonds is 9. The fourth-order valence-electron chi connectivity index (χ4n) is 4.85. The summed E-state index contributed by atoms with van der Waals surface area (Å²) < 4.78 is 14.6. The van der Waals surface area contributed by atoms with Gasteiger partial charge in [-0.3, -0.25) is 10.2 Å². The first-order valence-corrected chi connectivity index (χ1v) is 12.8. The second kappa shape index (κ2) is 12.4. The molecule has 1 aromatic rings. The van der Waals surface area contributed by atoms with E-state index >= 15 is 0 Å². The van der Waals surface area contributed by atoms with Gasteiger partial charge in [-0.2, -0.15) is 0 Å². The summed E-state index contributed by atoms with van der Waals surface area (Å²) in [5, 5.41) is 22.8. The minimum absolute atomic E-state index is 0.0667. The Bertz CT molecular complexity index is 1050. The number of nitrogens with one attached hydrogen (secondary N) is 2. The minimum atomic E-state index is -0.502. The maximum atomic E-state index is 14.6. The van der Waals surface area contributed by atoms with Gasteiger partial charge >= 0.3 is 0 Å². The molecule has 5 N–H and O–H groups in total. The molecule has 1 saturated carbocycles. The van der Waals surface area contributed by atoms with Gasteiger partial charge in [-0.05, 0) is 44.4 Å². The van der Waals surface area contributed by atoms with Gasteiger partial charge < -0.3 is 26.0 Å². The van der Waals surface area contributed by atoms with Crippen molar-refractivity contribution < 1.29 is 14.3 Å². The number of carbonyl (C=O) groups is 1. The van der Waals surface area contributed by atoms with Gasteiger partial charge in [0.2, 0.25) is 5.91 Å². The lowest BCUT2D eigenvalue weighted by molar-refractivity contribution is -0.128. The van der Waals surface area contributed by atoms with Gasteiger partial charge in [0.05, 0.1) is 6.61 Å². The molecule has 0 radical (unpaired) electrons. The van der Waals surface area contributed by atoms with E-state index in [1.807, 2.05) is 11.8 Å². The van der Waals surface area contributed by atoms with E-state index < -0.39 is 5.83 Å². The van der Waals surface area contributed by atoms with Crippen LogP contribution in [0, 0.1) is 11.3 Å². The van der Waals surface area contributed by atoms with Crippen LogP contribution >= 0.6 is 11.6 Å². The molecule has 9 heteroatoms. The average Bonchev–Trinajstić information content (AvgIpc) is 2.85. The standard InChI is InChI=1S/C27H37ClFN5O2/c1-4-24(29)22(14-30)20-13-25(32-19(16-35)11-18-7-6-8-18)21(12-23(20)28)27(31)34-10-9-33(15-17(34)3)26(36)5-2/h4-5,12-14,17-19,31-32,35H,2,6-11,15-16,30H2,1,3H3/b22-14?,24-4+,31-27?/t17-,19?/m0/s1. The highest BCUT2D eigenvalue weighted by atomic mass is 35.5. The molecule has 36 heavy (non-hydrogen) atoms. The largest absolute Gasteiger partial charge is 0.404 e. The van der Waals surface area contributed by atoms with Crippen molar-refractivity contribution in [1.29, 1.82) is 5.41 Å². The van der Waals surface area contributed by atoms with Gasteiger partial charge in [0.25, 0.3) is 0 Å². The lowest BCUT2D eigenvalue weighted by atomic mass is 9.81. The second-order valence-electron chi connectivity index (χ2n) is 9.53. The Morgan fingerprint density at radius 3 is 2.64 bits per heavy atom. The fourth-order valence-corrected chi connectivity index (χ4v) is 5.12. The molecule has 0 aromatic heterocycles. The van der Waals surface area contributed by atoms with Crippen LogP contribution in [0.5, 0.6) is 0 Å². The Labute approximate surface area is 218 Å². The average molecular weight is 518 g/mol. The highest BCUT2D eigenvalue weighted by Gasteiger charge is 2.30. The summed E-state index contributed by atoms with van der Waals surface area (Å²) in [6, 6.07) is 3.04. The van der Waals surface area contributed by atoms with Crippen molar-refractivity contribution in [3.8, 4) is 0 Å². The molecule has 1 heterocycles. The van der Waals surface area contributed by atoms with E-state index in [9.17, 15) is 14.3 Å². The third-order valence-electron chi connectivity index (χ3n) is 7.15. The fraction of sp³-hybridized carbons (Fsp3) is 0.481. The van der Waals surface area contributed by atoms with Crippen molar-refractivity contribution >= 4 is 34.6 Å². The number of nitrogens with two attached hydrogens (primary N) is 1. The summed E-state index contributed by atoms with van der Waals surface area (Å²) in [5.74, 6) is 0.170. The molecule has 3 rings (SSSR count). The monoisotopic (exact) mass is 517 g/mol. The zero-order valence-electron chi connectivity index (χ0n) is 21.1. The highest BCUT2D eigenvalue weighted by molar-refractivity contribution is 6.33. The zero-order chi connectivity index (χ0) is 26.4. The third kappa shape index (κ3) is 6.10. The minimum Gasteiger partial charge on any atom is -0.404 e. The molecule has 7 nitrogen and oxygen atoms in total. The molecule has 0 bridgehead atoms. The molecule has 2 fully saturated rings. The predicted molar refractivity (Wildman–Crippen MR) is 145 cm³/mol. The maximum Gasteiger partial charge on any atom is 0.246 e. The molecule has 1 amide bonds. The van der Waals surface area contributed by atoms with Crippen molar-refractivity contribution in [2.24, 2.45) is 11.7 Å². The number of aliphatic hydroxyl groups is 1. The number of allylic oxidation sites excluding steroid dienone is 3. The molecule has 196 valence electrons. The number of amidine groups is 1. The highest BCUT2D eigenvalue weighted by Crippen LogP contribution is 2.36. The number of aliphatic hydroxyl groups excluding tert-OH is 1. The van der Waals surface area contributed by atoms with E-state index in [1.54, 1.807) is 24.0 Å². The first-order chi connectivity index (χ1) is 17.2. The van der Waals surface area contributed by atoms with Gasteiger partial charge in [0, 0.05) is 65.3 Å². The summed E-state index contributed by atoms with van der Waals surface area (Å²) in [5.41, 5.74) is 7.44. The number of nitrogens with zero attached hydrogens (tertiary/aromatic N) is 2. The summed E-state index contributed by atoms with van der Waals surface area (Å²) >= 11 is 6.62. The van der Waals surface area contributed by atoms with Crippen LogP contribution in [-0.4, -0.2) is 65.0 Å². The zero-order valence-corrected chi connectivity index (χ0v) is 21.8. The molecule has 0 spiro atoms. The molecule has 2 aliphatic rings. The lowest BCUT2D eigenvalue weighted by Gasteiger charge is -2.41. The van der Waals surface area contributed by atoms with Crippen LogP contribution in [0.1, 0.15) is 50.7 Å². The SMILES string of the molecule is C=CC(=O)N1CCN(C(=N)c2cc(Cl)c(C(=CN)/C(F)=C\C)cc2NC(CO)CC2CCC2)[C@@H](C)C1. The van der Waals surface area contributed by atoms with E-state index in [0.717, 1.165) is 19.3 Å². The summed E-state index contributed by atoms with van der Waals surface area (Å²) in [7, 11) is 0. The van der Waals surface area contributed by atoms with Crippen LogP contribution in [0.3, 0.4) is 0 Å². The van der Waals surface area contributed by atoms with Gasteiger partial charge in [-0.25, -0.2) is 4.39 Å². The Hall–Kier alpha value is -2.84. The Balaban J connectivity index is 1.98.